The number of halogens is 1. The van der Waals surface area contributed by atoms with Crippen LogP contribution in [0.1, 0.15) is 42.8 Å². The van der Waals surface area contributed by atoms with Gasteiger partial charge in [-0.25, -0.2) is 0 Å². The lowest BCUT2D eigenvalue weighted by Crippen LogP contribution is -2.39. The molecule has 0 N–H and O–H groups in total. The third kappa shape index (κ3) is 2.79. The predicted molar refractivity (Wildman–Crippen MR) is 134 cm³/mol. The van der Waals surface area contributed by atoms with E-state index >= 15 is 0 Å². The van der Waals surface area contributed by atoms with Crippen molar-refractivity contribution in [2.45, 2.75) is 43.9 Å². The summed E-state index contributed by atoms with van der Waals surface area (Å²) >= 11 is 3.53. The molecule has 5 atom stereocenters. The van der Waals surface area contributed by atoms with Gasteiger partial charge in [0.2, 0.25) is 0 Å². The van der Waals surface area contributed by atoms with Crippen LogP contribution in [0.5, 0.6) is 5.75 Å². The third-order valence-electron chi connectivity index (χ3n) is 8.36. The summed E-state index contributed by atoms with van der Waals surface area (Å²) < 4.78 is 14.8. The minimum atomic E-state index is -0.832. The Labute approximate surface area is 210 Å². The van der Waals surface area contributed by atoms with Gasteiger partial charge in [-0.15, -0.1) is 0 Å². The first-order valence-corrected chi connectivity index (χ1v) is 12.8. The molecule has 0 spiro atoms. The van der Waals surface area contributed by atoms with Crippen molar-refractivity contribution in [2.75, 3.05) is 6.61 Å². The van der Waals surface area contributed by atoms with Crippen molar-refractivity contribution < 1.29 is 23.9 Å². The Balaban J connectivity index is 1.12. The van der Waals surface area contributed by atoms with E-state index in [0.29, 0.717) is 11.3 Å². The lowest BCUT2D eigenvalue weighted by molar-refractivity contribution is -0.147. The Bertz CT molecular complexity index is 1450. The summed E-state index contributed by atoms with van der Waals surface area (Å²) in [6.07, 6.45) is 3.50. The van der Waals surface area contributed by atoms with Crippen molar-refractivity contribution in [3.63, 3.8) is 0 Å². The zero-order chi connectivity index (χ0) is 24.1. The summed E-state index contributed by atoms with van der Waals surface area (Å²) in [5.74, 6) is 0.0527. The van der Waals surface area contributed by atoms with Gasteiger partial charge in [-0.2, -0.15) is 0 Å². The molecule has 2 saturated heterocycles. The molecule has 2 bridgehead atoms. The molecule has 3 fully saturated rings. The van der Waals surface area contributed by atoms with Gasteiger partial charge in [-0.3, -0.25) is 9.59 Å². The minimum Gasteiger partial charge on any atom is -0.470 e. The summed E-state index contributed by atoms with van der Waals surface area (Å²) in [5.41, 5.74) is 2.62. The van der Waals surface area contributed by atoms with Gasteiger partial charge in [0.05, 0.1) is 11.2 Å². The molecule has 9 heteroatoms. The van der Waals surface area contributed by atoms with Crippen LogP contribution in [-0.2, 0) is 14.3 Å². The highest BCUT2D eigenvalue weighted by Gasteiger charge is 2.82. The van der Waals surface area contributed by atoms with E-state index in [1.807, 2.05) is 23.9 Å². The fourth-order valence-electron chi connectivity index (χ4n) is 6.88. The molecule has 176 valence electrons. The number of esters is 1. The first-order valence-electron chi connectivity index (χ1n) is 12.0. The van der Waals surface area contributed by atoms with Crippen LogP contribution in [-0.4, -0.2) is 52.3 Å². The Hall–Kier alpha value is -2.91. The van der Waals surface area contributed by atoms with Crippen LogP contribution in [0.25, 0.3) is 22.2 Å². The van der Waals surface area contributed by atoms with E-state index in [9.17, 15) is 14.4 Å². The monoisotopic (exact) mass is 532 g/mol. The smallest absolute Gasteiger partial charge is 0.331 e. The molecule has 35 heavy (non-hydrogen) atoms. The third-order valence-corrected chi connectivity index (χ3v) is 8.86. The van der Waals surface area contributed by atoms with Crippen molar-refractivity contribution in [3.05, 3.63) is 52.5 Å². The lowest BCUT2D eigenvalue weighted by Gasteiger charge is -2.27. The normalized spacial score (nSPS) is 29.3. The molecule has 3 aliphatic heterocycles. The summed E-state index contributed by atoms with van der Waals surface area (Å²) in [4.78, 5) is 39.5. The van der Waals surface area contributed by atoms with Crippen LogP contribution in [0.4, 0.5) is 0 Å². The van der Waals surface area contributed by atoms with Gasteiger partial charge in [0.25, 0.3) is 0 Å². The number of carbonyl (C=O) groups excluding carboxylic acids is 3. The fourth-order valence-corrected chi connectivity index (χ4v) is 7.26. The zero-order valence-corrected chi connectivity index (χ0v) is 20.7. The highest BCUT2D eigenvalue weighted by molar-refractivity contribution is 9.10. The number of ether oxygens (including phenoxy) is 2. The van der Waals surface area contributed by atoms with Gasteiger partial charge in [0.15, 0.2) is 18.6 Å². The molecule has 0 radical (unpaired) electrons. The van der Waals surface area contributed by atoms with Gasteiger partial charge in [0, 0.05) is 27.0 Å². The molecule has 0 amide bonds. The second-order valence-corrected chi connectivity index (χ2v) is 10.9. The Morgan fingerprint density at radius 2 is 2.09 bits per heavy atom. The van der Waals surface area contributed by atoms with Crippen LogP contribution < -0.4 is 4.74 Å². The number of Topliss-reactive ketones (excluding diaryl/α,β-unsaturated/α-hetero) is 1. The van der Waals surface area contributed by atoms with E-state index in [1.54, 1.807) is 12.1 Å². The van der Waals surface area contributed by atoms with E-state index < -0.39 is 18.3 Å². The van der Waals surface area contributed by atoms with Gasteiger partial charge in [0.1, 0.15) is 17.4 Å². The molecular formula is C26H22BBrN2O5. The van der Waals surface area contributed by atoms with Crippen LogP contribution in [0, 0.1) is 5.92 Å². The predicted octanol–water partition coefficient (Wildman–Crippen LogP) is 4.25. The number of hydrogen-bond donors (Lipinski definition) is 0. The summed E-state index contributed by atoms with van der Waals surface area (Å²) in [7, 11) is 0. The Morgan fingerprint density at radius 3 is 2.91 bits per heavy atom. The van der Waals surface area contributed by atoms with E-state index in [0.717, 1.165) is 52.1 Å². The van der Waals surface area contributed by atoms with E-state index in [1.165, 1.54) is 0 Å². The molecule has 4 aliphatic rings. The van der Waals surface area contributed by atoms with E-state index in [4.69, 9.17) is 9.47 Å². The molecule has 3 aromatic rings. The molecule has 1 aromatic heterocycles. The molecule has 7 rings (SSSR count). The molecule has 1 saturated carbocycles. The van der Waals surface area contributed by atoms with Crippen LogP contribution in [0.2, 0.25) is 0 Å². The standard InChI is InChI=1S/C26H22BBrN2O5/c1-14-29-21-7-4-18(28)8-16(21)9-22(29)20-6-2-15(10-24(20)35-14)23(32)12-34-25(33)26-17-3-5-19(11-17)30(26)27(26)13-31/h2,4,6-10,13-14,17,19H,3,5,11-12H2,1H3/t14?,17-,19+,26-,30?/m0/s1. The first-order chi connectivity index (χ1) is 16.9. The largest absolute Gasteiger partial charge is 0.470 e. The second kappa shape index (κ2) is 7.30. The van der Waals surface area contributed by atoms with Crippen molar-refractivity contribution in [1.29, 1.82) is 0 Å². The number of rotatable bonds is 5. The van der Waals surface area contributed by atoms with Crippen molar-refractivity contribution in [1.82, 2.24) is 9.38 Å². The highest BCUT2D eigenvalue weighted by Crippen LogP contribution is 2.61. The van der Waals surface area contributed by atoms with Crippen molar-refractivity contribution in [3.8, 4) is 17.0 Å². The van der Waals surface area contributed by atoms with Gasteiger partial charge >= 0.3 is 12.8 Å². The fraction of sp³-hybridized carbons (Fsp3) is 0.346. The van der Waals surface area contributed by atoms with Crippen LogP contribution >= 0.6 is 15.9 Å². The number of piperidine rings is 1. The Morgan fingerprint density at radius 1 is 1.23 bits per heavy atom. The van der Waals surface area contributed by atoms with Gasteiger partial charge < -0.3 is 23.6 Å². The van der Waals surface area contributed by atoms with Crippen molar-refractivity contribution in [2.24, 2.45) is 5.92 Å². The maximum Gasteiger partial charge on any atom is 0.331 e. The topological polar surface area (TPSA) is 77.6 Å². The number of fused-ring (bicyclic) bond motifs is 10. The average molecular weight is 533 g/mol. The van der Waals surface area contributed by atoms with Crippen molar-refractivity contribution >= 4 is 51.6 Å². The number of hydrogen-bond acceptors (Lipinski definition) is 6. The lowest BCUT2D eigenvalue weighted by atomic mass is 9.59. The summed E-state index contributed by atoms with van der Waals surface area (Å²) in [6.45, 7) is 1.23. The van der Waals surface area contributed by atoms with E-state index in [-0.39, 0.29) is 30.6 Å². The quantitative estimate of drug-likeness (QED) is 0.161. The number of benzene rings is 2. The molecular weight excluding hydrogens is 511 g/mol. The molecule has 1 aliphatic carbocycles. The Kier molecular flexibility index (Phi) is 4.46. The number of aromatic nitrogens is 1. The maximum atomic E-state index is 13.0. The average Bonchev–Trinajstić information content (AvgIpc) is 3.14. The molecule has 7 nitrogen and oxygen atoms in total. The zero-order valence-electron chi connectivity index (χ0n) is 19.1. The number of carbonyl (C=O) groups is 3. The molecule has 2 aromatic carbocycles. The second-order valence-electron chi connectivity index (χ2n) is 10.0. The summed E-state index contributed by atoms with van der Waals surface area (Å²) in [5, 5.41) is 1.10. The maximum absolute atomic E-state index is 13.0. The minimum absolute atomic E-state index is 0.149. The summed E-state index contributed by atoms with van der Waals surface area (Å²) in [6, 6.07) is 13.9. The van der Waals surface area contributed by atoms with E-state index in [2.05, 4.69) is 38.7 Å². The van der Waals surface area contributed by atoms with Crippen LogP contribution in [0.15, 0.2) is 46.9 Å². The van der Waals surface area contributed by atoms with Crippen LogP contribution in [0.3, 0.4) is 0 Å². The number of ketones is 1. The molecule has 2 unspecified atom stereocenters. The van der Waals surface area contributed by atoms with Gasteiger partial charge in [-0.05, 0) is 68.5 Å². The first kappa shape index (κ1) is 21.4. The number of nitrogens with zero attached hydrogens (tertiary/aromatic N) is 2. The molecule has 4 heterocycles. The highest BCUT2D eigenvalue weighted by atomic mass is 79.9. The SMILES string of the molecule is CC1Oc2cc(C(=O)COC(=O)[C@@]34B(C=O)N3[C@@H]3CC[C@H]4C3)ccc2-c2cc3cc(Br)ccc3n21. The van der Waals surface area contributed by atoms with Gasteiger partial charge in [-0.1, -0.05) is 22.0 Å².